The molecule has 2 aromatic heterocycles. The fraction of sp³-hybridized carbons (Fsp3) is 0.615. The molecule has 0 aromatic carbocycles. The Morgan fingerprint density at radius 3 is 2.61 bits per heavy atom. The van der Waals surface area contributed by atoms with Gasteiger partial charge in [-0.15, -0.1) is 10.2 Å². The molecule has 0 bridgehead atoms. The third kappa shape index (κ3) is 1.24. The lowest BCUT2D eigenvalue weighted by Crippen LogP contribution is -2.04. The van der Waals surface area contributed by atoms with Crippen LogP contribution in [0.15, 0.2) is 0 Å². The zero-order valence-electron chi connectivity index (χ0n) is 10.5. The number of hydrogen-bond acceptors (Lipinski definition) is 3. The van der Waals surface area contributed by atoms with Gasteiger partial charge in [0, 0.05) is 11.6 Å². The van der Waals surface area contributed by atoms with Gasteiger partial charge in [-0.1, -0.05) is 18.0 Å². The van der Waals surface area contributed by atoms with E-state index in [4.69, 9.17) is 11.6 Å². The van der Waals surface area contributed by atoms with E-state index in [1.54, 1.807) is 0 Å². The molecule has 18 heavy (non-hydrogen) atoms. The minimum Gasteiger partial charge on any atom is -0.279 e. The van der Waals surface area contributed by atoms with Crippen molar-refractivity contribution in [1.82, 2.24) is 19.6 Å². The van der Waals surface area contributed by atoms with E-state index in [0.29, 0.717) is 16.7 Å². The van der Waals surface area contributed by atoms with Crippen molar-refractivity contribution in [3.05, 3.63) is 22.4 Å². The third-order valence-corrected chi connectivity index (χ3v) is 4.96. The molecule has 4 nitrogen and oxygen atoms in total. The summed E-state index contributed by atoms with van der Waals surface area (Å²) in [5.74, 6) is 3.38. The highest BCUT2D eigenvalue weighted by molar-refractivity contribution is 6.32. The molecule has 0 amide bonds. The van der Waals surface area contributed by atoms with Gasteiger partial charge in [-0.05, 0) is 38.5 Å². The number of aromatic nitrogens is 4. The molecule has 94 valence electrons. The molecule has 2 aliphatic rings. The Bertz CT molecular complexity index is 638. The molecule has 0 radical (unpaired) electrons. The summed E-state index contributed by atoms with van der Waals surface area (Å²) in [4.78, 5) is 4.31. The molecule has 0 aliphatic heterocycles. The van der Waals surface area contributed by atoms with Crippen LogP contribution in [0.1, 0.15) is 42.4 Å². The Hall–Kier alpha value is -1.16. The predicted octanol–water partition coefficient (Wildman–Crippen LogP) is 2.91. The molecule has 2 heterocycles. The van der Waals surface area contributed by atoms with Gasteiger partial charge >= 0.3 is 0 Å². The summed E-state index contributed by atoms with van der Waals surface area (Å²) in [5.41, 5.74) is 2.78. The van der Waals surface area contributed by atoms with Crippen LogP contribution in [0, 0.1) is 25.7 Å². The van der Waals surface area contributed by atoms with Crippen LogP contribution in [-0.4, -0.2) is 19.6 Å². The smallest absolute Gasteiger partial charge is 0.198 e. The maximum atomic E-state index is 6.16. The first-order valence-electron chi connectivity index (χ1n) is 6.56. The Kier molecular flexibility index (Phi) is 2.05. The second kappa shape index (κ2) is 3.44. The standard InChI is InChI=1S/C13H15ClN4/c1-6-7(2)18-12(10-8-4-3-5-9(8)10)16-17-13(18)11(14)15-6/h8-10H,3-5H2,1-2H3. The summed E-state index contributed by atoms with van der Waals surface area (Å²) in [7, 11) is 0. The van der Waals surface area contributed by atoms with Crippen molar-refractivity contribution >= 4 is 17.2 Å². The summed E-state index contributed by atoms with van der Waals surface area (Å²) < 4.78 is 2.12. The third-order valence-electron chi connectivity index (χ3n) is 4.70. The maximum Gasteiger partial charge on any atom is 0.198 e. The van der Waals surface area contributed by atoms with Crippen molar-refractivity contribution < 1.29 is 0 Å². The molecular weight excluding hydrogens is 248 g/mol. The fourth-order valence-electron chi connectivity index (χ4n) is 3.62. The van der Waals surface area contributed by atoms with Crippen LogP contribution < -0.4 is 0 Å². The van der Waals surface area contributed by atoms with E-state index in [1.807, 2.05) is 6.92 Å². The van der Waals surface area contributed by atoms with Crippen molar-refractivity contribution in [3.63, 3.8) is 0 Å². The predicted molar refractivity (Wildman–Crippen MR) is 68.8 cm³/mol. The normalized spacial score (nSPS) is 29.8. The van der Waals surface area contributed by atoms with Crippen LogP contribution in [-0.2, 0) is 0 Å². The quantitative estimate of drug-likeness (QED) is 0.794. The van der Waals surface area contributed by atoms with E-state index < -0.39 is 0 Å². The largest absolute Gasteiger partial charge is 0.279 e. The Labute approximate surface area is 110 Å². The first kappa shape index (κ1) is 10.7. The first-order chi connectivity index (χ1) is 8.68. The number of nitrogens with zero attached hydrogens (tertiary/aromatic N) is 4. The number of aryl methyl sites for hydroxylation is 2. The minimum atomic E-state index is 0.461. The summed E-state index contributed by atoms with van der Waals surface area (Å²) in [5, 5.41) is 9.08. The molecule has 0 N–H and O–H groups in total. The molecule has 2 unspecified atom stereocenters. The van der Waals surface area contributed by atoms with Gasteiger partial charge < -0.3 is 0 Å². The maximum absolute atomic E-state index is 6.16. The SMILES string of the molecule is Cc1nc(Cl)c2nnc(C3C4CCCC43)n2c1C. The molecule has 2 aromatic rings. The second-order valence-electron chi connectivity index (χ2n) is 5.58. The summed E-state index contributed by atoms with van der Waals surface area (Å²) in [6.45, 7) is 4.05. The number of halogens is 1. The summed E-state index contributed by atoms with van der Waals surface area (Å²) in [6, 6.07) is 0. The van der Waals surface area contributed by atoms with Crippen LogP contribution in [0.3, 0.4) is 0 Å². The van der Waals surface area contributed by atoms with Gasteiger partial charge in [0.1, 0.15) is 5.82 Å². The molecule has 2 atom stereocenters. The van der Waals surface area contributed by atoms with E-state index >= 15 is 0 Å². The summed E-state index contributed by atoms with van der Waals surface area (Å²) >= 11 is 6.16. The van der Waals surface area contributed by atoms with Gasteiger partial charge in [0.05, 0.1) is 5.69 Å². The molecule has 0 saturated heterocycles. The Balaban J connectivity index is 1.92. The molecular formula is C13H15ClN4. The van der Waals surface area contributed by atoms with E-state index in [1.165, 1.54) is 19.3 Å². The number of hydrogen-bond donors (Lipinski definition) is 0. The Morgan fingerprint density at radius 1 is 1.17 bits per heavy atom. The van der Waals surface area contributed by atoms with Crippen LogP contribution in [0.2, 0.25) is 5.15 Å². The highest BCUT2D eigenvalue weighted by atomic mass is 35.5. The minimum absolute atomic E-state index is 0.461. The molecule has 5 heteroatoms. The first-order valence-corrected chi connectivity index (χ1v) is 6.94. The highest BCUT2D eigenvalue weighted by Crippen LogP contribution is 2.62. The van der Waals surface area contributed by atoms with Crippen LogP contribution in [0.25, 0.3) is 5.65 Å². The van der Waals surface area contributed by atoms with E-state index in [0.717, 1.165) is 29.0 Å². The fourth-order valence-corrected chi connectivity index (χ4v) is 3.87. The van der Waals surface area contributed by atoms with Crippen LogP contribution in [0.5, 0.6) is 0 Å². The van der Waals surface area contributed by atoms with Gasteiger partial charge in [-0.3, -0.25) is 4.40 Å². The van der Waals surface area contributed by atoms with Gasteiger partial charge in [-0.25, -0.2) is 4.98 Å². The summed E-state index contributed by atoms with van der Waals surface area (Å²) in [6.07, 6.45) is 4.07. The van der Waals surface area contributed by atoms with Gasteiger partial charge in [0.2, 0.25) is 0 Å². The van der Waals surface area contributed by atoms with Crippen molar-refractivity contribution in [1.29, 1.82) is 0 Å². The van der Waals surface area contributed by atoms with Gasteiger partial charge in [0.15, 0.2) is 10.8 Å². The zero-order chi connectivity index (χ0) is 12.4. The van der Waals surface area contributed by atoms with Crippen molar-refractivity contribution in [2.75, 3.05) is 0 Å². The van der Waals surface area contributed by atoms with Crippen molar-refractivity contribution in [3.8, 4) is 0 Å². The average Bonchev–Trinajstić information content (AvgIpc) is 2.78. The highest BCUT2D eigenvalue weighted by Gasteiger charge is 2.55. The van der Waals surface area contributed by atoms with Crippen molar-refractivity contribution in [2.45, 2.75) is 39.0 Å². The molecule has 2 fully saturated rings. The monoisotopic (exact) mass is 262 g/mol. The molecule has 2 saturated carbocycles. The van der Waals surface area contributed by atoms with Crippen LogP contribution in [0.4, 0.5) is 0 Å². The van der Waals surface area contributed by atoms with Crippen LogP contribution >= 0.6 is 11.6 Å². The lowest BCUT2D eigenvalue weighted by molar-refractivity contribution is 0.650. The van der Waals surface area contributed by atoms with Gasteiger partial charge in [-0.2, -0.15) is 0 Å². The molecule has 4 rings (SSSR count). The second-order valence-corrected chi connectivity index (χ2v) is 5.93. The van der Waals surface area contributed by atoms with Gasteiger partial charge in [0.25, 0.3) is 0 Å². The lowest BCUT2D eigenvalue weighted by atomic mass is 10.1. The average molecular weight is 263 g/mol. The molecule has 0 spiro atoms. The van der Waals surface area contributed by atoms with Crippen molar-refractivity contribution in [2.24, 2.45) is 11.8 Å². The topological polar surface area (TPSA) is 43.1 Å². The van der Waals surface area contributed by atoms with E-state index in [9.17, 15) is 0 Å². The zero-order valence-corrected chi connectivity index (χ0v) is 11.3. The lowest BCUT2D eigenvalue weighted by Gasteiger charge is -2.08. The van der Waals surface area contributed by atoms with E-state index in [-0.39, 0.29) is 0 Å². The number of rotatable bonds is 1. The molecule has 2 aliphatic carbocycles. The Morgan fingerprint density at radius 2 is 1.89 bits per heavy atom. The van der Waals surface area contributed by atoms with E-state index in [2.05, 4.69) is 26.5 Å². The number of fused-ring (bicyclic) bond motifs is 2.